The predicted octanol–water partition coefficient (Wildman–Crippen LogP) is 2.28. The molecule has 1 aromatic carbocycles. The van der Waals surface area contributed by atoms with Crippen molar-refractivity contribution in [1.29, 1.82) is 0 Å². The van der Waals surface area contributed by atoms with E-state index >= 15 is 0 Å². The Morgan fingerprint density at radius 3 is 2.72 bits per heavy atom. The Kier molecular flexibility index (Phi) is 2.48. The summed E-state index contributed by atoms with van der Waals surface area (Å²) >= 11 is 0. The average Bonchev–Trinajstić information content (AvgIpc) is 2.44. The summed E-state index contributed by atoms with van der Waals surface area (Å²) in [7, 11) is 1.78. The van der Waals surface area contributed by atoms with Gasteiger partial charge in [0.1, 0.15) is 6.17 Å². The molecule has 1 atom stereocenters. The van der Waals surface area contributed by atoms with E-state index in [0.717, 1.165) is 11.4 Å². The number of carbonyl (C=O) groups excluding carboxylic acids is 1. The van der Waals surface area contributed by atoms with Crippen molar-refractivity contribution in [2.45, 2.75) is 6.17 Å². The number of pyridine rings is 1. The standard InChI is InChI=1S/C14H13N3O/c1-17-13(12-8-4-5-9-15-12)16-11-7-3-2-6-10(11)14(17)18/h2-9,13,16H,1H3. The van der Waals surface area contributed by atoms with Gasteiger partial charge in [0.05, 0.1) is 11.3 Å². The molecule has 1 unspecified atom stereocenters. The van der Waals surface area contributed by atoms with Crippen LogP contribution in [0.2, 0.25) is 0 Å². The molecule has 1 aromatic heterocycles. The molecule has 0 saturated carbocycles. The van der Waals surface area contributed by atoms with Crippen LogP contribution in [-0.4, -0.2) is 22.8 Å². The van der Waals surface area contributed by atoms with Gasteiger partial charge in [-0.1, -0.05) is 18.2 Å². The van der Waals surface area contributed by atoms with E-state index in [-0.39, 0.29) is 12.1 Å². The lowest BCUT2D eigenvalue weighted by Crippen LogP contribution is -2.40. The summed E-state index contributed by atoms with van der Waals surface area (Å²) in [5, 5.41) is 3.34. The third kappa shape index (κ3) is 1.62. The maximum absolute atomic E-state index is 12.3. The fraction of sp³-hybridized carbons (Fsp3) is 0.143. The van der Waals surface area contributed by atoms with Gasteiger partial charge in [0.15, 0.2) is 0 Å². The molecule has 18 heavy (non-hydrogen) atoms. The molecule has 0 aliphatic carbocycles. The SMILES string of the molecule is CN1C(=O)c2ccccc2NC1c1ccccn1. The Hall–Kier alpha value is -2.36. The van der Waals surface area contributed by atoms with E-state index in [1.807, 2.05) is 42.5 Å². The second-order valence-corrected chi connectivity index (χ2v) is 4.26. The van der Waals surface area contributed by atoms with Crippen LogP contribution < -0.4 is 5.32 Å². The highest BCUT2D eigenvalue weighted by atomic mass is 16.2. The summed E-state index contributed by atoms with van der Waals surface area (Å²) < 4.78 is 0. The van der Waals surface area contributed by atoms with Crippen molar-refractivity contribution in [3.05, 3.63) is 59.9 Å². The lowest BCUT2D eigenvalue weighted by molar-refractivity contribution is 0.0732. The average molecular weight is 239 g/mol. The molecular weight excluding hydrogens is 226 g/mol. The van der Waals surface area contributed by atoms with Crippen LogP contribution >= 0.6 is 0 Å². The van der Waals surface area contributed by atoms with Gasteiger partial charge in [0.2, 0.25) is 0 Å². The van der Waals surface area contributed by atoms with Crippen LogP contribution in [0.1, 0.15) is 22.2 Å². The van der Waals surface area contributed by atoms with Crippen molar-refractivity contribution < 1.29 is 4.79 Å². The predicted molar refractivity (Wildman–Crippen MR) is 69.1 cm³/mol. The van der Waals surface area contributed by atoms with Gasteiger partial charge in [-0.15, -0.1) is 0 Å². The molecule has 0 spiro atoms. The first-order valence-corrected chi connectivity index (χ1v) is 5.81. The number of nitrogens with one attached hydrogen (secondary N) is 1. The molecule has 3 rings (SSSR count). The number of para-hydroxylation sites is 1. The Bertz CT molecular complexity index is 583. The fourth-order valence-corrected chi connectivity index (χ4v) is 2.16. The molecule has 0 saturated heterocycles. The number of rotatable bonds is 1. The van der Waals surface area contributed by atoms with Crippen LogP contribution in [0.3, 0.4) is 0 Å². The maximum atomic E-state index is 12.3. The highest BCUT2D eigenvalue weighted by Gasteiger charge is 2.30. The molecule has 90 valence electrons. The van der Waals surface area contributed by atoms with Crippen LogP contribution in [0.5, 0.6) is 0 Å². The lowest BCUT2D eigenvalue weighted by atomic mass is 10.1. The van der Waals surface area contributed by atoms with Crippen LogP contribution in [-0.2, 0) is 0 Å². The summed E-state index contributed by atoms with van der Waals surface area (Å²) in [5.41, 5.74) is 2.39. The zero-order valence-corrected chi connectivity index (χ0v) is 10.00. The molecule has 0 fully saturated rings. The number of benzene rings is 1. The zero-order chi connectivity index (χ0) is 12.5. The number of carbonyl (C=O) groups is 1. The molecule has 1 N–H and O–H groups in total. The number of amides is 1. The van der Waals surface area contributed by atoms with Crippen LogP contribution in [0.25, 0.3) is 0 Å². The van der Waals surface area contributed by atoms with E-state index in [0.29, 0.717) is 5.56 Å². The second kappa shape index (κ2) is 4.14. The first-order chi connectivity index (χ1) is 8.77. The second-order valence-electron chi connectivity index (χ2n) is 4.26. The van der Waals surface area contributed by atoms with Crippen molar-refractivity contribution in [3.63, 3.8) is 0 Å². The molecule has 4 nitrogen and oxygen atoms in total. The van der Waals surface area contributed by atoms with Gasteiger partial charge >= 0.3 is 0 Å². The molecular formula is C14H13N3O. The Balaban J connectivity index is 2.04. The molecule has 0 bridgehead atoms. The molecule has 1 aliphatic heterocycles. The van der Waals surface area contributed by atoms with Crippen molar-refractivity contribution in [2.75, 3.05) is 12.4 Å². The summed E-state index contributed by atoms with van der Waals surface area (Å²) in [5.74, 6) is 0.0139. The van der Waals surface area contributed by atoms with Gasteiger partial charge < -0.3 is 10.2 Å². The largest absolute Gasteiger partial charge is 0.359 e. The topological polar surface area (TPSA) is 45.2 Å². The minimum Gasteiger partial charge on any atom is -0.359 e. The van der Waals surface area contributed by atoms with Gasteiger partial charge in [-0.05, 0) is 24.3 Å². The van der Waals surface area contributed by atoms with E-state index in [9.17, 15) is 4.79 Å². The van der Waals surface area contributed by atoms with E-state index in [2.05, 4.69) is 10.3 Å². The quantitative estimate of drug-likeness (QED) is 0.830. The normalized spacial score (nSPS) is 18.2. The zero-order valence-electron chi connectivity index (χ0n) is 10.00. The fourth-order valence-electron chi connectivity index (χ4n) is 2.16. The van der Waals surface area contributed by atoms with Gasteiger partial charge in [-0.25, -0.2) is 0 Å². The smallest absolute Gasteiger partial charge is 0.257 e. The van der Waals surface area contributed by atoms with Gasteiger partial charge in [-0.2, -0.15) is 0 Å². The summed E-state index contributed by atoms with van der Waals surface area (Å²) in [6.07, 6.45) is 1.52. The molecule has 1 aliphatic rings. The Morgan fingerprint density at radius 2 is 1.94 bits per heavy atom. The number of fused-ring (bicyclic) bond motifs is 1. The van der Waals surface area contributed by atoms with E-state index in [1.165, 1.54) is 0 Å². The van der Waals surface area contributed by atoms with Crippen LogP contribution in [0.15, 0.2) is 48.7 Å². The first kappa shape index (κ1) is 10.8. The van der Waals surface area contributed by atoms with Crippen molar-refractivity contribution in [2.24, 2.45) is 0 Å². The van der Waals surface area contributed by atoms with E-state index < -0.39 is 0 Å². The number of aromatic nitrogens is 1. The van der Waals surface area contributed by atoms with Gasteiger partial charge in [0, 0.05) is 18.9 Å². The van der Waals surface area contributed by atoms with Crippen molar-refractivity contribution in [1.82, 2.24) is 9.88 Å². The minimum atomic E-state index is -0.214. The molecule has 2 aromatic rings. The Labute approximate surface area is 105 Å². The number of hydrogen-bond donors (Lipinski definition) is 1. The molecule has 0 radical (unpaired) electrons. The molecule has 4 heteroatoms. The van der Waals surface area contributed by atoms with Gasteiger partial charge in [-0.3, -0.25) is 9.78 Å². The van der Waals surface area contributed by atoms with E-state index in [4.69, 9.17) is 0 Å². The summed E-state index contributed by atoms with van der Waals surface area (Å²) in [6.45, 7) is 0. The third-order valence-electron chi connectivity index (χ3n) is 3.13. The Morgan fingerprint density at radius 1 is 1.17 bits per heavy atom. The number of anilines is 1. The lowest BCUT2D eigenvalue weighted by Gasteiger charge is -2.34. The highest BCUT2D eigenvalue weighted by Crippen LogP contribution is 2.30. The van der Waals surface area contributed by atoms with Crippen LogP contribution in [0, 0.1) is 0 Å². The van der Waals surface area contributed by atoms with Crippen molar-refractivity contribution in [3.8, 4) is 0 Å². The van der Waals surface area contributed by atoms with Crippen molar-refractivity contribution >= 4 is 11.6 Å². The minimum absolute atomic E-state index is 0.0139. The monoisotopic (exact) mass is 239 g/mol. The van der Waals surface area contributed by atoms with E-state index in [1.54, 1.807) is 18.1 Å². The number of nitrogens with zero attached hydrogens (tertiary/aromatic N) is 2. The summed E-state index contributed by atoms with van der Waals surface area (Å²) in [6, 6.07) is 13.2. The molecule has 2 heterocycles. The third-order valence-corrected chi connectivity index (χ3v) is 3.13. The summed E-state index contributed by atoms with van der Waals surface area (Å²) in [4.78, 5) is 18.2. The van der Waals surface area contributed by atoms with Crippen LogP contribution in [0.4, 0.5) is 5.69 Å². The number of hydrogen-bond acceptors (Lipinski definition) is 3. The maximum Gasteiger partial charge on any atom is 0.257 e. The molecule has 1 amide bonds. The first-order valence-electron chi connectivity index (χ1n) is 5.81. The highest BCUT2D eigenvalue weighted by molar-refractivity contribution is 6.01. The van der Waals surface area contributed by atoms with Gasteiger partial charge in [0.25, 0.3) is 5.91 Å².